The van der Waals surface area contributed by atoms with Gasteiger partial charge in [-0.3, -0.25) is 9.59 Å². The van der Waals surface area contributed by atoms with E-state index in [0.717, 1.165) is 19.4 Å². The molecule has 4 heteroatoms. The Morgan fingerprint density at radius 3 is 2.31 bits per heavy atom. The molecule has 0 heterocycles. The van der Waals surface area contributed by atoms with Crippen molar-refractivity contribution in [2.24, 2.45) is 0 Å². The molecule has 0 spiro atoms. The lowest BCUT2D eigenvalue weighted by molar-refractivity contribution is -0.129. The maximum absolute atomic E-state index is 11.4. The van der Waals surface area contributed by atoms with E-state index in [-0.39, 0.29) is 17.9 Å². The lowest BCUT2D eigenvalue weighted by atomic mass is 10.2. The molecule has 0 aliphatic heterocycles. The first-order valence-electron chi connectivity index (χ1n) is 6.02. The number of rotatable bonds is 7. The predicted octanol–water partition coefficient (Wildman–Crippen LogP) is 1.55. The molecule has 1 N–H and O–H groups in total. The van der Waals surface area contributed by atoms with Gasteiger partial charge >= 0.3 is 0 Å². The van der Waals surface area contributed by atoms with Gasteiger partial charge in [-0.1, -0.05) is 13.3 Å². The van der Waals surface area contributed by atoms with Crippen molar-refractivity contribution in [2.45, 2.75) is 53.0 Å². The molecule has 0 saturated heterocycles. The molecule has 0 saturated carbocycles. The van der Waals surface area contributed by atoms with Gasteiger partial charge in [0.15, 0.2) is 0 Å². The van der Waals surface area contributed by atoms with Gasteiger partial charge in [-0.05, 0) is 20.3 Å². The van der Waals surface area contributed by atoms with Crippen LogP contribution in [0.3, 0.4) is 0 Å². The van der Waals surface area contributed by atoms with Gasteiger partial charge in [0.2, 0.25) is 11.8 Å². The third kappa shape index (κ3) is 7.26. The number of unbranched alkanes of at least 4 members (excludes halogenated alkanes) is 1. The van der Waals surface area contributed by atoms with Crippen LogP contribution in [-0.4, -0.2) is 35.8 Å². The molecule has 0 aromatic rings. The van der Waals surface area contributed by atoms with Gasteiger partial charge in [0, 0.05) is 32.5 Å². The van der Waals surface area contributed by atoms with Crippen molar-refractivity contribution in [1.82, 2.24) is 10.2 Å². The standard InChI is InChI=1S/C12H24N2O2/c1-5-6-8-14(11(4)15)9-7-12(16)13-10(2)3/h10H,5-9H2,1-4H3,(H,13,16). The summed E-state index contributed by atoms with van der Waals surface area (Å²) in [6, 6.07) is 0.161. The average molecular weight is 228 g/mol. The molecular formula is C12H24N2O2. The number of hydrogen-bond donors (Lipinski definition) is 1. The van der Waals surface area contributed by atoms with Crippen molar-refractivity contribution in [2.75, 3.05) is 13.1 Å². The molecule has 0 aliphatic carbocycles. The minimum atomic E-state index is 0.0118. The molecule has 0 atom stereocenters. The molecule has 4 nitrogen and oxygen atoms in total. The number of hydrogen-bond acceptors (Lipinski definition) is 2. The zero-order chi connectivity index (χ0) is 12.6. The molecule has 94 valence electrons. The van der Waals surface area contributed by atoms with Crippen LogP contribution in [0.2, 0.25) is 0 Å². The topological polar surface area (TPSA) is 49.4 Å². The molecule has 2 amide bonds. The summed E-state index contributed by atoms with van der Waals surface area (Å²) in [5, 5.41) is 2.82. The second-order valence-electron chi connectivity index (χ2n) is 4.33. The molecule has 0 radical (unpaired) electrons. The van der Waals surface area contributed by atoms with Gasteiger partial charge in [-0.15, -0.1) is 0 Å². The fourth-order valence-electron chi connectivity index (χ4n) is 1.41. The van der Waals surface area contributed by atoms with Crippen LogP contribution in [0.4, 0.5) is 0 Å². The van der Waals surface area contributed by atoms with E-state index >= 15 is 0 Å². The lowest BCUT2D eigenvalue weighted by Gasteiger charge is -2.20. The Hall–Kier alpha value is -1.06. The van der Waals surface area contributed by atoms with E-state index in [0.29, 0.717) is 13.0 Å². The maximum atomic E-state index is 11.4. The predicted molar refractivity (Wildman–Crippen MR) is 65.1 cm³/mol. The van der Waals surface area contributed by atoms with Gasteiger partial charge in [0.1, 0.15) is 0 Å². The molecule has 0 aliphatic rings. The van der Waals surface area contributed by atoms with Crippen LogP contribution in [0.25, 0.3) is 0 Å². The molecule has 0 rings (SSSR count). The van der Waals surface area contributed by atoms with Crippen molar-refractivity contribution >= 4 is 11.8 Å². The first-order valence-corrected chi connectivity index (χ1v) is 6.02. The highest BCUT2D eigenvalue weighted by Crippen LogP contribution is 1.98. The van der Waals surface area contributed by atoms with Gasteiger partial charge < -0.3 is 10.2 Å². The van der Waals surface area contributed by atoms with E-state index in [9.17, 15) is 9.59 Å². The van der Waals surface area contributed by atoms with E-state index in [1.54, 1.807) is 11.8 Å². The van der Waals surface area contributed by atoms with Crippen molar-refractivity contribution in [3.05, 3.63) is 0 Å². The number of nitrogens with one attached hydrogen (secondary N) is 1. The number of nitrogens with zero attached hydrogens (tertiary/aromatic N) is 1. The largest absolute Gasteiger partial charge is 0.354 e. The Bertz CT molecular complexity index is 227. The van der Waals surface area contributed by atoms with Crippen LogP contribution in [0, 0.1) is 0 Å². The summed E-state index contributed by atoms with van der Waals surface area (Å²) in [5.41, 5.74) is 0. The van der Waals surface area contributed by atoms with Crippen LogP contribution < -0.4 is 5.32 Å². The zero-order valence-electron chi connectivity index (χ0n) is 10.9. The summed E-state index contributed by atoms with van der Waals surface area (Å²) in [6.07, 6.45) is 2.44. The van der Waals surface area contributed by atoms with E-state index in [2.05, 4.69) is 12.2 Å². The molecule has 0 aromatic carbocycles. The van der Waals surface area contributed by atoms with Crippen molar-refractivity contribution in [1.29, 1.82) is 0 Å². The smallest absolute Gasteiger partial charge is 0.221 e. The van der Waals surface area contributed by atoms with Crippen molar-refractivity contribution in [3.63, 3.8) is 0 Å². The minimum absolute atomic E-state index is 0.0118. The quantitative estimate of drug-likeness (QED) is 0.718. The summed E-state index contributed by atoms with van der Waals surface area (Å²) < 4.78 is 0. The molecule has 16 heavy (non-hydrogen) atoms. The third-order valence-electron chi connectivity index (χ3n) is 2.29. The molecular weight excluding hydrogens is 204 g/mol. The van der Waals surface area contributed by atoms with Gasteiger partial charge in [0.05, 0.1) is 0 Å². The van der Waals surface area contributed by atoms with Crippen LogP contribution in [-0.2, 0) is 9.59 Å². The molecule has 0 aromatic heterocycles. The Morgan fingerprint density at radius 2 is 1.88 bits per heavy atom. The van der Waals surface area contributed by atoms with Crippen LogP contribution in [0.15, 0.2) is 0 Å². The van der Waals surface area contributed by atoms with Gasteiger partial charge in [-0.2, -0.15) is 0 Å². The van der Waals surface area contributed by atoms with Crippen molar-refractivity contribution in [3.8, 4) is 0 Å². The highest BCUT2D eigenvalue weighted by atomic mass is 16.2. The summed E-state index contributed by atoms with van der Waals surface area (Å²) in [7, 11) is 0. The number of carbonyl (C=O) groups excluding carboxylic acids is 2. The summed E-state index contributed by atoms with van der Waals surface area (Å²) >= 11 is 0. The number of amides is 2. The average Bonchev–Trinajstić information content (AvgIpc) is 2.16. The highest BCUT2D eigenvalue weighted by molar-refractivity contribution is 5.78. The zero-order valence-corrected chi connectivity index (χ0v) is 10.9. The van der Waals surface area contributed by atoms with Crippen LogP contribution >= 0.6 is 0 Å². The molecule has 0 unspecified atom stereocenters. The van der Waals surface area contributed by atoms with Gasteiger partial charge in [-0.25, -0.2) is 0 Å². The SMILES string of the molecule is CCCCN(CCC(=O)NC(C)C)C(C)=O. The van der Waals surface area contributed by atoms with Crippen LogP contribution in [0.5, 0.6) is 0 Å². The van der Waals surface area contributed by atoms with Gasteiger partial charge in [0.25, 0.3) is 0 Å². The fourth-order valence-corrected chi connectivity index (χ4v) is 1.41. The third-order valence-corrected chi connectivity index (χ3v) is 2.29. The van der Waals surface area contributed by atoms with E-state index < -0.39 is 0 Å². The lowest BCUT2D eigenvalue weighted by Crippen LogP contribution is -2.36. The fraction of sp³-hybridized carbons (Fsp3) is 0.833. The van der Waals surface area contributed by atoms with E-state index in [4.69, 9.17) is 0 Å². The Labute approximate surface area is 98.4 Å². The Kier molecular flexibility index (Phi) is 7.60. The highest BCUT2D eigenvalue weighted by Gasteiger charge is 2.10. The first-order chi connectivity index (χ1) is 7.47. The first kappa shape index (κ1) is 14.9. The summed E-state index contributed by atoms with van der Waals surface area (Å²) in [4.78, 5) is 24.4. The second-order valence-corrected chi connectivity index (χ2v) is 4.33. The normalized spacial score (nSPS) is 10.3. The van der Waals surface area contributed by atoms with Crippen molar-refractivity contribution < 1.29 is 9.59 Å². The Morgan fingerprint density at radius 1 is 1.25 bits per heavy atom. The van der Waals surface area contributed by atoms with E-state index in [1.807, 2.05) is 13.8 Å². The Balaban J connectivity index is 3.92. The number of carbonyl (C=O) groups is 2. The summed E-state index contributed by atoms with van der Waals surface area (Å²) in [5.74, 6) is 0.0588. The maximum Gasteiger partial charge on any atom is 0.221 e. The second kappa shape index (κ2) is 8.13. The molecule has 0 fully saturated rings. The minimum Gasteiger partial charge on any atom is -0.354 e. The summed E-state index contributed by atoms with van der Waals surface area (Å²) in [6.45, 7) is 8.77. The van der Waals surface area contributed by atoms with E-state index in [1.165, 1.54) is 0 Å². The molecule has 0 bridgehead atoms. The monoisotopic (exact) mass is 228 g/mol. The van der Waals surface area contributed by atoms with Crippen LogP contribution in [0.1, 0.15) is 47.0 Å².